The lowest BCUT2D eigenvalue weighted by Gasteiger charge is -2.14. The highest BCUT2D eigenvalue weighted by Gasteiger charge is 2.35. The van der Waals surface area contributed by atoms with Crippen LogP contribution in [-0.4, -0.2) is 34.1 Å². The minimum Gasteiger partial charge on any atom is -0.269 e. The predicted octanol–water partition coefficient (Wildman–Crippen LogP) is 2.11. The molecule has 3 rings (SSSR count). The van der Waals surface area contributed by atoms with Crippen LogP contribution in [0.5, 0.6) is 0 Å². The molecule has 0 fully saturated rings. The number of non-ortho nitro benzene ring substituents is 1. The van der Waals surface area contributed by atoms with Crippen LogP contribution >= 0.6 is 0 Å². The number of benzene rings is 2. The maximum Gasteiger partial charge on any atom is 0.269 e. The summed E-state index contributed by atoms with van der Waals surface area (Å²) < 4.78 is 0. The van der Waals surface area contributed by atoms with Crippen LogP contribution in [0.4, 0.5) is 5.69 Å². The van der Waals surface area contributed by atoms with Crippen LogP contribution in [0.2, 0.25) is 0 Å². The molecule has 1 aliphatic heterocycles. The van der Waals surface area contributed by atoms with Gasteiger partial charge >= 0.3 is 0 Å². The first-order valence-electron chi connectivity index (χ1n) is 6.97. The van der Waals surface area contributed by atoms with Crippen molar-refractivity contribution in [3.8, 4) is 0 Å². The highest BCUT2D eigenvalue weighted by Crippen LogP contribution is 2.25. The zero-order chi connectivity index (χ0) is 17.3. The molecule has 7 nitrogen and oxygen atoms in total. The Labute approximate surface area is 136 Å². The van der Waals surface area contributed by atoms with E-state index in [-0.39, 0.29) is 28.9 Å². The maximum atomic E-state index is 12.3. The Morgan fingerprint density at radius 1 is 1.00 bits per heavy atom. The van der Waals surface area contributed by atoms with Crippen LogP contribution in [0.25, 0.3) is 5.57 Å². The number of carbonyl (C=O) groups is 2. The number of nitro benzene ring substituents is 1. The standard InChI is InChI=1S/C17H10N2O5/c20-10-12(11-5-7-13(8-6-11)19(23)24)9-18-16(21)14-3-1-2-4-15(14)17(18)22/h1-8H,9H2. The fourth-order valence-electron chi connectivity index (χ4n) is 2.51. The lowest BCUT2D eigenvalue weighted by molar-refractivity contribution is -0.384. The van der Waals surface area contributed by atoms with Crippen molar-refractivity contribution in [1.82, 2.24) is 4.90 Å². The number of nitro groups is 1. The number of carbonyl (C=O) groups excluding carboxylic acids is 3. The summed E-state index contributed by atoms with van der Waals surface area (Å²) in [6.07, 6.45) is 0. The molecule has 0 spiro atoms. The third kappa shape index (κ3) is 2.49. The Hall–Kier alpha value is -3.57. The monoisotopic (exact) mass is 322 g/mol. The molecule has 0 saturated carbocycles. The first-order valence-corrected chi connectivity index (χ1v) is 6.97. The van der Waals surface area contributed by atoms with Crippen molar-refractivity contribution in [1.29, 1.82) is 0 Å². The van der Waals surface area contributed by atoms with Crippen LogP contribution in [0.1, 0.15) is 26.3 Å². The summed E-state index contributed by atoms with van der Waals surface area (Å²) in [4.78, 5) is 46.9. The lowest BCUT2D eigenvalue weighted by atomic mass is 10.1. The first-order chi connectivity index (χ1) is 11.5. The Morgan fingerprint density at radius 2 is 1.54 bits per heavy atom. The van der Waals surface area contributed by atoms with E-state index in [0.29, 0.717) is 5.56 Å². The smallest absolute Gasteiger partial charge is 0.269 e. The van der Waals surface area contributed by atoms with Crippen molar-refractivity contribution in [2.24, 2.45) is 0 Å². The van der Waals surface area contributed by atoms with Crippen molar-refractivity contribution in [2.45, 2.75) is 0 Å². The Kier molecular flexibility index (Phi) is 3.77. The molecule has 118 valence electrons. The molecule has 0 saturated heterocycles. The van der Waals surface area contributed by atoms with Crippen molar-refractivity contribution in [2.75, 3.05) is 6.54 Å². The minimum atomic E-state index is -0.557. The average Bonchev–Trinajstić information content (AvgIpc) is 2.84. The summed E-state index contributed by atoms with van der Waals surface area (Å²) in [5, 5.41) is 10.7. The summed E-state index contributed by atoms with van der Waals surface area (Å²) in [6, 6.07) is 11.7. The van der Waals surface area contributed by atoms with E-state index < -0.39 is 16.7 Å². The van der Waals surface area contributed by atoms with Gasteiger partial charge < -0.3 is 0 Å². The van der Waals surface area contributed by atoms with Gasteiger partial charge in [-0.15, -0.1) is 0 Å². The van der Waals surface area contributed by atoms with Gasteiger partial charge in [0.1, 0.15) is 5.94 Å². The molecule has 0 aliphatic carbocycles. The molecule has 7 heteroatoms. The topological polar surface area (TPSA) is 97.6 Å². The fraction of sp³-hybridized carbons (Fsp3) is 0.0588. The van der Waals surface area contributed by atoms with Gasteiger partial charge in [0.15, 0.2) is 0 Å². The molecule has 0 N–H and O–H groups in total. The van der Waals surface area contributed by atoms with Gasteiger partial charge in [-0.2, -0.15) is 0 Å². The zero-order valence-electron chi connectivity index (χ0n) is 12.3. The number of hydrogen-bond donors (Lipinski definition) is 0. The highest BCUT2D eigenvalue weighted by atomic mass is 16.6. The normalized spacial score (nSPS) is 12.8. The molecule has 24 heavy (non-hydrogen) atoms. The molecule has 0 aromatic heterocycles. The summed E-state index contributed by atoms with van der Waals surface area (Å²) in [7, 11) is 0. The van der Waals surface area contributed by atoms with E-state index in [2.05, 4.69) is 0 Å². The van der Waals surface area contributed by atoms with Gasteiger partial charge in [-0.05, 0) is 29.8 Å². The molecule has 0 atom stereocenters. The van der Waals surface area contributed by atoms with Gasteiger partial charge in [-0.25, -0.2) is 4.79 Å². The second kappa shape index (κ2) is 5.91. The predicted molar refractivity (Wildman–Crippen MR) is 84.0 cm³/mol. The molecule has 1 aliphatic rings. The molecular formula is C17H10N2O5. The average molecular weight is 322 g/mol. The van der Waals surface area contributed by atoms with E-state index in [1.165, 1.54) is 24.3 Å². The molecule has 0 unspecified atom stereocenters. The first kappa shape index (κ1) is 15.3. The number of fused-ring (bicyclic) bond motifs is 1. The maximum absolute atomic E-state index is 12.3. The van der Waals surface area contributed by atoms with Gasteiger partial charge in [0, 0.05) is 12.1 Å². The second-order valence-corrected chi connectivity index (χ2v) is 5.13. The molecule has 1 heterocycles. The SMILES string of the molecule is O=C=C(CN1C(=O)c2ccccc2C1=O)c1ccc([N+](=O)[O-])cc1. The lowest BCUT2D eigenvalue weighted by Crippen LogP contribution is -2.31. The summed E-state index contributed by atoms with van der Waals surface area (Å²) in [5.41, 5.74) is 0.893. The highest BCUT2D eigenvalue weighted by molar-refractivity contribution is 6.22. The minimum absolute atomic E-state index is 0.0689. The second-order valence-electron chi connectivity index (χ2n) is 5.13. The van der Waals surface area contributed by atoms with Crippen molar-refractivity contribution >= 4 is 29.0 Å². The van der Waals surface area contributed by atoms with Gasteiger partial charge in [0.25, 0.3) is 17.5 Å². The van der Waals surface area contributed by atoms with E-state index in [4.69, 9.17) is 0 Å². The van der Waals surface area contributed by atoms with E-state index in [1.807, 2.05) is 0 Å². The van der Waals surface area contributed by atoms with Crippen LogP contribution in [0.3, 0.4) is 0 Å². The third-order valence-electron chi connectivity index (χ3n) is 3.74. The van der Waals surface area contributed by atoms with Crippen LogP contribution in [-0.2, 0) is 4.79 Å². The van der Waals surface area contributed by atoms with Gasteiger partial charge in [-0.3, -0.25) is 24.6 Å². The molecule has 0 bridgehead atoms. The molecule has 0 radical (unpaired) electrons. The fourth-order valence-corrected chi connectivity index (χ4v) is 2.51. The Morgan fingerprint density at radius 3 is 2.00 bits per heavy atom. The summed E-state index contributed by atoms with van der Waals surface area (Å²) in [5.74, 6) is 0.750. The van der Waals surface area contributed by atoms with Crippen molar-refractivity contribution < 1.29 is 19.3 Å². The number of hydrogen-bond acceptors (Lipinski definition) is 5. The van der Waals surface area contributed by atoms with Crippen LogP contribution < -0.4 is 0 Å². The number of rotatable bonds is 4. The molecule has 2 aromatic rings. The van der Waals surface area contributed by atoms with Gasteiger partial charge in [-0.1, -0.05) is 12.1 Å². The van der Waals surface area contributed by atoms with Crippen molar-refractivity contribution in [3.05, 3.63) is 75.3 Å². The number of imide groups is 1. The number of amides is 2. The summed E-state index contributed by atoms with van der Waals surface area (Å²) in [6.45, 7) is -0.242. The van der Waals surface area contributed by atoms with E-state index in [1.54, 1.807) is 30.2 Å². The van der Waals surface area contributed by atoms with E-state index >= 15 is 0 Å². The van der Waals surface area contributed by atoms with Crippen LogP contribution in [0, 0.1) is 10.1 Å². The van der Waals surface area contributed by atoms with E-state index in [0.717, 1.165) is 4.90 Å². The third-order valence-corrected chi connectivity index (χ3v) is 3.74. The molecule has 2 amide bonds. The zero-order valence-corrected chi connectivity index (χ0v) is 12.3. The van der Waals surface area contributed by atoms with E-state index in [9.17, 15) is 24.5 Å². The van der Waals surface area contributed by atoms with Gasteiger partial charge in [0.2, 0.25) is 0 Å². The Bertz CT molecular complexity index is 876. The van der Waals surface area contributed by atoms with Crippen LogP contribution in [0.15, 0.2) is 48.5 Å². The molecule has 2 aromatic carbocycles. The molecular weight excluding hydrogens is 312 g/mol. The van der Waals surface area contributed by atoms with Crippen molar-refractivity contribution in [3.63, 3.8) is 0 Å². The largest absolute Gasteiger partial charge is 0.269 e. The quantitative estimate of drug-likeness (QED) is 0.371. The Balaban J connectivity index is 1.87. The number of nitrogens with zero attached hydrogens (tertiary/aromatic N) is 2. The van der Waals surface area contributed by atoms with Gasteiger partial charge in [0.05, 0.1) is 28.2 Å². The summed E-state index contributed by atoms with van der Waals surface area (Å²) >= 11 is 0.